The van der Waals surface area contributed by atoms with Crippen LogP contribution in [0.4, 0.5) is 18.9 Å². The van der Waals surface area contributed by atoms with E-state index in [0.29, 0.717) is 11.0 Å². The summed E-state index contributed by atoms with van der Waals surface area (Å²) >= 11 is 0. The van der Waals surface area contributed by atoms with Crippen molar-refractivity contribution in [1.29, 1.82) is 5.26 Å². The van der Waals surface area contributed by atoms with E-state index in [1.807, 2.05) is 0 Å². The number of nitriles is 1. The topological polar surface area (TPSA) is 117 Å². The largest absolute Gasteiger partial charge is 0.417 e. The van der Waals surface area contributed by atoms with Gasteiger partial charge >= 0.3 is 6.18 Å². The zero-order valence-electron chi connectivity index (χ0n) is 16.6. The molecule has 1 N–H and O–H groups in total. The molecular formula is C19H18F3N3O5S. The van der Waals surface area contributed by atoms with Crippen LogP contribution in [0.3, 0.4) is 0 Å². The van der Waals surface area contributed by atoms with E-state index in [-0.39, 0.29) is 12.1 Å². The first-order valence-electron chi connectivity index (χ1n) is 9.29. The quantitative estimate of drug-likeness (QED) is 0.689. The summed E-state index contributed by atoms with van der Waals surface area (Å²) in [5.41, 5.74) is -4.68. The van der Waals surface area contributed by atoms with E-state index < -0.39 is 68.2 Å². The SMILES string of the molecule is C[C@]12O[C@@](C)(C[C@H]1NS(C)(=O)=O)[C@H]1C(=O)N(c3ccc(C#N)c(C(F)(F)F)c3)C(=O)[C@H]12. The molecule has 31 heavy (non-hydrogen) atoms. The number of halogens is 3. The van der Waals surface area contributed by atoms with Crippen molar-refractivity contribution in [2.45, 2.75) is 43.7 Å². The molecule has 0 unspecified atom stereocenters. The first-order chi connectivity index (χ1) is 14.1. The lowest BCUT2D eigenvalue weighted by Gasteiger charge is -2.35. The highest BCUT2D eigenvalue weighted by molar-refractivity contribution is 7.88. The van der Waals surface area contributed by atoms with Gasteiger partial charge in [-0.2, -0.15) is 18.4 Å². The molecule has 1 aromatic rings. The number of hydrogen-bond acceptors (Lipinski definition) is 6. The van der Waals surface area contributed by atoms with Crippen molar-refractivity contribution in [3.05, 3.63) is 29.3 Å². The highest BCUT2D eigenvalue weighted by Gasteiger charge is 2.76. The molecular weight excluding hydrogens is 439 g/mol. The van der Waals surface area contributed by atoms with Crippen LogP contribution in [-0.4, -0.2) is 43.7 Å². The summed E-state index contributed by atoms with van der Waals surface area (Å²) in [6, 6.07) is 3.31. The van der Waals surface area contributed by atoms with Crippen LogP contribution in [0.2, 0.25) is 0 Å². The molecule has 166 valence electrons. The summed E-state index contributed by atoms with van der Waals surface area (Å²) in [6.45, 7) is 3.12. The van der Waals surface area contributed by atoms with Crippen molar-refractivity contribution in [3.63, 3.8) is 0 Å². The van der Waals surface area contributed by atoms with Gasteiger partial charge in [-0.3, -0.25) is 9.59 Å². The van der Waals surface area contributed by atoms with Crippen LogP contribution in [0.15, 0.2) is 18.2 Å². The number of hydrogen-bond donors (Lipinski definition) is 1. The van der Waals surface area contributed by atoms with Crippen molar-refractivity contribution < 1.29 is 35.9 Å². The number of alkyl halides is 3. The fourth-order valence-corrected chi connectivity index (χ4v) is 6.06. The van der Waals surface area contributed by atoms with Gasteiger partial charge in [0.25, 0.3) is 0 Å². The molecule has 5 atom stereocenters. The van der Waals surface area contributed by atoms with E-state index >= 15 is 0 Å². The molecule has 1 aromatic carbocycles. The molecule has 4 rings (SSSR count). The number of nitrogens with one attached hydrogen (secondary N) is 1. The Kier molecular flexibility index (Phi) is 4.40. The van der Waals surface area contributed by atoms with Crippen LogP contribution in [-0.2, 0) is 30.5 Å². The Labute approximate surface area is 176 Å². The molecule has 0 radical (unpaired) electrons. The number of carbonyl (C=O) groups excluding carboxylic acids is 2. The number of ether oxygens (including phenoxy) is 1. The Balaban J connectivity index is 1.77. The third kappa shape index (κ3) is 3.06. The number of amides is 2. The standard InChI is InChI=1S/C19H18F3N3O5S/c1-17-7-12(24-31(3,28)29)18(2,30-17)14-13(17)15(26)25(16(14)27)10-5-4-9(8-23)11(6-10)19(20,21)22/h4-6,12-14,24H,7H2,1-3H3/t12-,13-,14+,17+,18+/m1/s1. The lowest BCUT2D eigenvalue weighted by Crippen LogP contribution is -2.56. The summed E-state index contributed by atoms with van der Waals surface area (Å²) in [4.78, 5) is 27.1. The number of nitrogens with zero attached hydrogens (tertiary/aromatic N) is 2. The third-order valence-corrected chi connectivity index (χ3v) is 7.09. The van der Waals surface area contributed by atoms with Gasteiger partial charge in [0.15, 0.2) is 0 Å². The average Bonchev–Trinajstić information content (AvgIpc) is 3.13. The van der Waals surface area contributed by atoms with Crippen LogP contribution in [0.25, 0.3) is 0 Å². The lowest BCUT2D eigenvalue weighted by molar-refractivity contribution is -0.138. The van der Waals surface area contributed by atoms with Gasteiger partial charge in [0.1, 0.15) is 0 Å². The minimum Gasteiger partial charge on any atom is -0.366 e. The number of sulfonamides is 1. The maximum atomic E-state index is 13.4. The molecule has 0 spiro atoms. The molecule has 12 heteroatoms. The Morgan fingerprint density at radius 1 is 1.23 bits per heavy atom. The average molecular weight is 457 g/mol. The van der Waals surface area contributed by atoms with Crippen LogP contribution < -0.4 is 9.62 Å². The molecule has 3 aliphatic rings. The monoisotopic (exact) mass is 457 g/mol. The molecule has 3 saturated heterocycles. The lowest BCUT2D eigenvalue weighted by atomic mass is 9.67. The van der Waals surface area contributed by atoms with Crippen molar-refractivity contribution in [3.8, 4) is 6.07 Å². The smallest absolute Gasteiger partial charge is 0.366 e. The molecule has 2 amide bonds. The van der Waals surface area contributed by atoms with E-state index in [1.165, 1.54) is 13.0 Å². The zero-order valence-corrected chi connectivity index (χ0v) is 17.5. The molecule has 3 heterocycles. The molecule has 0 aliphatic carbocycles. The summed E-state index contributed by atoms with van der Waals surface area (Å²) in [7, 11) is -3.65. The fourth-order valence-electron chi connectivity index (χ4n) is 5.23. The zero-order chi connectivity index (χ0) is 23.1. The maximum Gasteiger partial charge on any atom is 0.417 e. The molecule has 3 fully saturated rings. The molecule has 0 aromatic heterocycles. The van der Waals surface area contributed by atoms with Crippen LogP contribution in [0.1, 0.15) is 31.4 Å². The van der Waals surface area contributed by atoms with Gasteiger partial charge in [0.2, 0.25) is 21.8 Å². The predicted octanol–water partition coefficient (Wildman–Crippen LogP) is 1.55. The van der Waals surface area contributed by atoms with E-state index in [0.717, 1.165) is 18.4 Å². The summed E-state index contributed by atoms with van der Waals surface area (Å²) in [5.74, 6) is -3.51. The van der Waals surface area contributed by atoms with Gasteiger partial charge < -0.3 is 4.74 Å². The number of carbonyl (C=O) groups is 2. The Hall–Kier alpha value is -2.49. The Bertz CT molecular complexity index is 1160. The number of anilines is 1. The van der Waals surface area contributed by atoms with Crippen LogP contribution in [0.5, 0.6) is 0 Å². The van der Waals surface area contributed by atoms with Crippen molar-refractivity contribution in [1.82, 2.24) is 4.72 Å². The number of benzene rings is 1. The van der Waals surface area contributed by atoms with Gasteiger partial charge in [-0.05, 0) is 38.5 Å². The van der Waals surface area contributed by atoms with Crippen LogP contribution >= 0.6 is 0 Å². The normalized spacial score (nSPS) is 34.9. The van der Waals surface area contributed by atoms with Crippen molar-refractivity contribution >= 4 is 27.5 Å². The Morgan fingerprint density at radius 2 is 1.84 bits per heavy atom. The van der Waals surface area contributed by atoms with Gasteiger partial charge in [-0.15, -0.1) is 0 Å². The van der Waals surface area contributed by atoms with E-state index in [2.05, 4.69) is 4.72 Å². The second-order valence-corrected chi connectivity index (χ2v) is 10.3. The second-order valence-electron chi connectivity index (χ2n) is 8.55. The van der Waals surface area contributed by atoms with E-state index in [4.69, 9.17) is 10.00 Å². The molecule has 3 aliphatic heterocycles. The van der Waals surface area contributed by atoms with Gasteiger partial charge in [-0.25, -0.2) is 18.0 Å². The molecule has 2 bridgehead atoms. The summed E-state index contributed by atoms with van der Waals surface area (Å²) in [6.07, 6.45) is -3.76. The number of fused-ring (bicyclic) bond motifs is 5. The predicted molar refractivity (Wildman–Crippen MR) is 99.9 cm³/mol. The Morgan fingerprint density at radius 3 is 2.39 bits per heavy atom. The maximum absolute atomic E-state index is 13.4. The first kappa shape index (κ1) is 21.7. The van der Waals surface area contributed by atoms with Crippen molar-refractivity contribution in [2.75, 3.05) is 11.2 Å². The van der Waals surface area contributed by atoms with E-state index in [9.17, 15) is 31.2 Å². The van der Waals surface area contributed by atoms with Crippen molar-refractivity contribution in [2.24, 2.45) is 11.8 Å². The minimum atomic E-state index is -4.85. The number of rotatable bonds is 3. The van der Waals surface area contributed by atoms with Gasteiger partial charge in [0, 0.05) is 0 Å². The first-order valence-corrected chi connectivity index (χ1v) is 11.2. The summed E-state index contributed by atoms with van der Waals surface area (Å²) in [5, 5.41) is 8.97. The highest BCUT2D eigenvalue weighted by Crippen LogP contribution is 2.61. The van der Waals surface area contributed by atoms with Gasteiger partial charge in [-0.1, -0.05) is 0 Å². The summed E-state index contributed by atoms with van der Waals surface area (Å²) < 4.78 is 72.1. The number of imide groups is 1. The van der Waals surface area contributed by atoms with Crippen LogP contribution in [0, 0.1) is 23.2 Å². The third-order valence-electron chi connectivity index (χ3n) is 6.38. The highest BCUT2D eigenvalue weighted by atomic mass is 32.2. The molecule has 8 nitrogen and oxygen atoms in total. The van der Waals surface area contributed by atoms with Gasteiger partial charge in [0.05, 0.1) is 58.2 Å². The fraction of sp³-hybridized carbons (Fsp3) is 0.526. The second kappa shape index (κ2) is 6.27. The van der Waals surface area contributed by atoms with E-state index in [1.54, 1.807) is 6.92 Å². The molecule has 0 saturated carbocycles. The minimum absolute atomic E-state index is 0.131.